The highest BCUT2D eigenvalue weighted by atomic mass is 15.0. The van der Waals surface area contributed by atoms with Crippen LogP contribution in [0.3, 0.4) is 0 Å². The lowest BCUT2D eigenvalue weighted by molar-refractivity contribution is 0.495. The molecule has 0 radical (unpaired) electrons. The molecule has 2 aromatic rings. The largest absolute Gasteiger partial charge is 0.315 e. The summed E-state index contributed by atoms with van der Waals surface area (Å²) in [5.74, 6) is 0.853. The van der Waals surface area contributed by atoms with Gasteiger partial charge >= 0.3 is 0 Å². The molecule has 1 aliphatic heterocycles. The van der Waals surface area contributed by atoms with Crippen molar-refractivity contribution in [2.24, 2.45) is 0 Å². The number of rotatable bonds is 3. The van der Waals surface area contributed by atoms with Crippen LogP contribution >= 0.6 is 0 Å². The highest BCUT2D eigenvalue weighted by Crippen LogP contribution is 2.20. The first-order valence-electron chi connectivity index (χ1n) is 7.13. The van der Waals surface area contributed by atoms with Crippen molar-refractivity contribution in [3.05, 3.63) is 59.2 Å². The van der Waals surface area contributed by atoms with Crippen molar-refractivity contribution in [3.8, 4) is 0 Å². The fourth-order valence-electron chi connectivity index (χ4n) is 2.66. The predicted octanol–water partition coefficient (Wildman–Crippen LogP) is 1.76. The number of nitrogens with one attached hydrogen (secondary N) is 2. The van der Waals surface area contributed by atoms with Gasteiger partial charge in [-0.3, -0.25) is 0 Å². The summed E-state index contributed by atoms with van der Waals surface area (Å²) in [4.78, 5) is 8.75. The van der Waals surface area contributed by atoms with Gasteiger partial charge in [0.15, 0.2) is 0 Å². The summed E-state index contributed by atoms with van der Waals surface area (Å²) in [6.45, 7) is 4.68. The summed E-state index contributed by atoms with van der Waals surface area (Å²) in [7, 11) is 0. The number of aryl methyl sites for hydroxylation is 1. The van der Waals surface area contributed by atoms with E-state index in [-0.39, 0.29) is 0 Å². The van der Waals surface area contributed by atoms with Gasteiger partial charge in [-0.1, -0.05) is 24.3 Å². The Labute approximate surface area is 119 Å². The molecule has 1 aliphatic rings. The van der Waals surface area contributed by atoms with Crippen molar-refractivity contribution in [2.75, 3.05) is 13.1 Å². The van der Waals surface area contributed by atoms with Gasteiger partial charge in [-0.2, -0.15) is 0 Å². The Morgan fingerprint density at radius 3 is 3.10 bits per heavy atom. The average molecular weight is 268 g/mol. The Morgan fingerprint density at radius 1 is 1.30 bits per heavy atom. The minimum Gasteiger partial charge on any atom is -0.315 e. The van der Waals surface area contributed by atoms with Crippen LogP contribution in [0.4, 0.5) is 0 Å². The molecule has 0 saturated carbocycles. The molecule has 1 aromatic heterocycles. The van der Waals surface area contributed by atoms with E-state index in [9.17, 15) is 0 Å². The summed E-state index contributed by atoms with van der Waals surface area (Å²) in [6, 6.07) is 10.9. The van der Waals surface area contributed by atoms with E-state index in [1.54, 1.807) is 0 Å². The Morgan fingerprint density at radius 2 is 2.20 bits per heavy atom. The van der Waals surface area contributed by atoms with Gasteiger partial charge in [-0.15, -0.1) is 0 Å². The molecule has 0 saturated heterocycles. The first kappa shape index (κ1) is 13.2. The molecular weight excluding hydrogens is 248 g/mol. The summed E-state index contributed by atoms with van der Waals surface area (Å²) < 4.78 is 0. The summed E-state index contributed by atoms with van der Waals surface area (Å²) in [5.41, 5.74) is 3.83. The normalized spacial score (nSPS) is 18.4. The van der Waals surface area contributed by atoms with Crippen molar-refractivity contribution in [1.82, 2.24) is 20.6 Å². The van der Waals surface area contributed by atoms with Gasteiger partial charge < -0.3 is 10.6 Å². The van der Waals surface area contributed by atoms with E-state index >= 15 is 0 Å². The number of aromatic nitrogens is 2. The maximum atomic E-state index is 4.44. The minimum atomic E-state index is 0.317. The molecule has 0 aliphatic carbocycles. The minimum absolute atomic E-state index is 0.317. The van der Waals surface area contributed by atoms with E-state index in [2.05, 4.69) is 44.9 Å². The molecule has 104 valence electrons. The molecule has 0 spiro atoms. The predicted molar refractivity (Wildman–Crippen MR) is 79.4 cm³/mol. The third-order valence-corrected chi connectivity index (χ3v) is 3.70. The lowest BCUT2D eigenvalue weighted by atomic mass is 9.99. The quantitative estimate of drug-likeness (QED) is 0.890. The summed E-state index contributed by atoms with van der Waals surface area (Å²) in [5, 5.41) is 7.06. The van der Waals surface area contributed by atoms with Crippen LogP contribution in [-0.4, -0.2) is 23.1 Å². The van der Waals surface area contributed by atoms with Crippen LogP contribution in [0.1, 0.15) is 28.7 Å². The van der Waals surface area contributed by atoms with E-state index < -0.39 is 0 Å². The highest BCUT2D eigenvalue weighted by Gasteiger charge is 2.17. The van der Waals surface area contributed by atoms with Crippen LogP contribution in [0.5, 0.6) is 0 Å². The van der Waals surface area contributed by atoms with E-state index in [1.807, 2.05) is 19.2 Å². The monoisotopic (exact) mass is 268 g/mol. The first-order valence-corrected chi connectivity index (χ1v) is 7.13. The number of hydrogen-bond acceptors (Lipinski definition) is 4. The van der Waals surface area contributed by atoms with Crippen LogP contribution in [0.2, 0.25) is 0 Å². The molecule has 1 unspecified atom stereocenters. The SMILES string of the molecule is Cc1ccnc(CNC2CNCCc3ccccc32)n1. The van der Waals surface area contributed by atoms with Crippen molar-refractivity contribution in [3.63, 3.8) is 0 Å². The third-order valence-electron chi connectivity index (χ3n) is 3.70. The highest BCUT2D eigenvalue weighted by molar-refractivity contribution is 5.31. The van der Waals surface area contributed by atoms with Gasteiger partial charge in [-0.05, 0) is 37.1 Å². The second kappa shape index (κ2) is 6.11. The molecule has 1 aromatic carbocycles. The molecule has 20 heavy (non-hydrogen) atoms. The molecule has 4 nitrogen and oxygen atoms in total. The van der Waals surface area contributed by atoms with Gasteiger partial charge in [0.2, 0.25) is 0 Å². The smallest absolute Gasteiger partial charge is 0.142 e. The van der Waals surface area contributed by atoms with E-state index in [1.165, 1.54) is 11.1 Å². The number of hydrogen-bond donors (Lipinski definition) is 2. The Balaban J connectivity index is 1.74. The van der Waals surface area contributed by atoms with E-state index in [0.29, 0.717) is 12.6 Å². The standard InChI is InChI=1S/C16H20N4/c1-12-6-9-18-16(20-12)11-19-15-10-17-8-7-13-4-2-3-5-14(13)15/h2-6,9,15,17,19H,7-8,10-11H2,1H3. The molecule has 2 heterocycles. The fraction of sp³-hybridized carbons (Fsp3) is 0.375. The maximum absolute atomic E-state index is 4.44. The Bertz CT molecular complexity index is 582. The molecular formula is C16H20N4. The third kappa shape index (κ3) is 3.03. The van der Waals surface area contributed by atoms with Crippen LogP contribution in [-0.2, 0) is 13.0 Å². The summed E-state index contributed by atoms with van der Waals surface area (Å²) in [6.07, 6.45) is 2.91. The van der Waals surface area contributed by atoms with Gasteiger partial charge in [0.1, 0.15) is 5.82 Å². The Kier molecular flexibility index (Phi) is 4.04. The molecule has 0 fully saturated rings. The summed E-state index contributed by atoms with van der Waals surface area (Å²) >= 11 is 0. The average Bonchev–Trinajstić information content (AvgIpc) is 2.67. The number of fused-ring (bicyclic) bond motifs is 1. The number of nitrogens with zero attached hydrogens (tertiary/aromatic N) is 2. The molecule has 2 N–H and O–H groups in total. The topological polar surface area (TPSA) is 49.8 Å². The van der Waals surface area contributed by atoms with Gasteiger partial charge in [0.05, 0.1) is 6.54 Å². The second-order valence-corrected chi connectivity index (χ2v) is 5.20. The van der Waals surface area contributed by atoms with Crippen molar-refractivity contribution in [2.45, 2.75) is 25.9 Å². The molecule has 3 rings (SSSR count). The van der Waals surface area contributed by atoms with Crippen LogP contribution in [0.25, 0.3) is 0 Å². The van der Waals surface area contributed by atoms with Gasteiger partial charge in [0.25, 0.3) is 0 Å². The van der Waals surface area contributed by atoms with E-state index in [4.69, 9.17) is 0 Å². The van der Waals surface area contributed by atoms with Crippen molar-refractivity contribution in [1.29, 1.82) is 0 Å². The fourth-order valence-corrected chi connectivity index (χ4v) is 2.66. The van der Waals surface area contributed by atoms with Crippen molar-refractivity contribution >= 4 is 0 Å². The van der Waals surface area contributed by atoms with E-state index in [0.717, 1.165) is 31.0 Å². The van der Waals surface area contributed by atoms with Gasteiger partial charge in [0, 0.05) is 24.5 Å². The van der Waals surface area contributed by atoms with Gasteiger partial charge in [-0.25, -0.2) is 9.97 Å². The van der Waals surface area contributed by atoms with Crippen LogP contribution < -0.4 is 10.6 Å². The molecule has 0 bridgehead atoms. The molecule has 4 heteroatoms. The molecule has 1 atom stereocenters. The maximum Gasteiger partial charge on any atom is 0.142 e. The Hall–Kier alpha value is -1.78. The molecule has 0 amide bonds. The second-order valence-electron chi connectivity index (χ2n) is 5.20. The van der Waals surface area contributed by atoms with Crippen LogP contribution in [0, 0.1) is 6.92 Å². The van der Waals surface area contributed by atoms with Crippen molar-refractivity contribution < 1.29 is 0 Å². The zero-order valence-electron chi connectivity index (χ0n) is 11.8. The van der Waals surface area contributed by atoms with Crippen LogP contribution in [0.15, 0.2) is 36.5 Å². The first-order chi connectivity index (χ1) is 9.83. The lowest BCUT2D eigenvalue weighted by Crippen LogP contribution is -2.30. The number of benzene rings is 1. The zero-order valence-corrected chi connectivity index (χ0v) is 11.8. The zero-order chi connectivity index (χ0) is 13.8. The lowest BCUT2D eigenvalue weighted by Gasteiger charge is -2.19.